The number of alkyl halides is 3. The lowest BCUT2D eigenvalue weighted by Gasteiger charge is -2.14. The van der Waals surface area contributed by atoms with E-state index >= 15 is 0 Å². The van der Waals surface area contributed by atoms with Crippen molar-refractivity contribution in [3.8, 4) is 11.5 Å². The number of aryl methyl sites for hydroxylation is 1. The van der Waals surface area contributed by atoms with Crippen molar-refractivity contribution in [2.45, 2.75) is 13.1 Å². The van der Waals surface area contributed by atoms with Crippen LogP contribution in [0.2, 0.25) is 0 Å². The fraction of sp³-hybridized carbons (Fsp3) is 0.100. The van der Waals surface area contributed by atoms with Crippen molar-refractivity contribution < 1.29 is 31.5 Å². The van der Waals surface area contributed by atoms with Gasteiger partial charge in [-0.3, -0.25) is 4.79 Å². The van der Waals surface area contributed by atoms with Crippen LogP contribution in [0.4, 0.5) is 27.6 Å². The maximum Gasteiger partial charge on any atom is 0.437 e. The molecule has 1 amide bonds. The molecule has 0 atom stereocenters. The number of anilines is 1. The molecule has 1 N–H and O–H groups in total. The van der Waals surface area contributed by atoms with Crippen molar-refractivity contribution in [1.29, 1.82) is 0 Å². The highest BCUT2D eigenvalue weighted by Gasteiger charge is 2.36. The van der Waals surface area contributed by atoms with Gasteiger partial charge in [0.1, 0.15) is 22.9 Å². The Bertz CT molecular complexity index is 1030. The number of carbonyl (C=O) groups is 1. The molecule has 29 heavy (non-hydrogen) atoms. The van der Waals surface area contributed by atoms with Crippen molar-refractivity contribution in [2.75, 3.05) is 5.32 Å². The van der Waals surface area contributed by atoms with E-state index in [2.05, 4.69) is 10.3 Å². The molecular weight excluding hydrogens is 395 g/mol. The summed E-state index contributed by atoms with van der Waals surface area (Å²) in [6, 6.07) is 9.47. The van der Waals surface area contributed by atoms with Crippen LogP contribution in [0.1, 0.15) is 21.6 Å². The number of nitrogens with zero attached hydrogens (tertiary/aromatic N) is 1. The van der Waals surface area contributed by atoms with Crippen LogP contribution < -0.4 is 10.1 Å². The van der Waals surface area contributed by atoms with Crippen LogP contribution in [0, 0.1) is 18.6 Å². The van der Waals surface area contributed by atoms with E-state index in [1.165, 1.54) is 30.3 Å². The number of hydrogen-bond acceptors (Lipinski definition) is 3. The van der Waals surface area contributed by atoms with Gasteiger partial charge in [-0.1, -0.05) is 6.07 Å². The van der Waals surface area contributed by atoms with Crippen LogP contribution in [0.5, 0.6) is 11.5 Å². The van der Waals surface area contributed by atoms with Crippen LogP contribution in [-0.4, -0.2) is 10.9 Å². The van der Waals surface area contributed by atoms with Gasteiger partial charge in [0.25, 0.3) is 5.91 Å². The molecule has 0 fully saturated rings. The van der Waals surface area contributed by atoms with Gasteiger partial charge in [-0.05, 0) is 55.0 Å². The SMILES string of the molecule is Cc1cnc(C(F)(F)F)c(Oc2ccc(NC(=O)c3c(F)cccc3F)cc2)c1. The third kappa shape index (κ3) is 4.68. The third-order valence-corrected chi connectivity index (χ3v) is 3.79. The monoisotopic (exact) mass is 408 g/mol. The topological polar surface area (TPSA) is 51.2 Å². The van der Waals surface area contributed by atoms with Crippen LogP contribution in [0.3, 0.4) is 0 Å². The summed E-state index contributed by atoms with van der Waals surface area (Å²) in [5.41, 5.74) is -1.27. The zero-order valence-electron chi connectivity index (χ0n) is 14.8. The molecule has 1 aromatic heterocycles. The summed E-state index contributed by atoms with van der Waals surface area (Å²) >= 11 is 0. The van der Waals surface area contributed by atoms with E-state index < -0.39 is 40.7 Å². The maximum atomic E-state index is 13.7. The van der Waals surface area contributed by atoms with Gasteiger partial charge in [0, 0.05) is 11.9 Å². The van der Waals surface area contributed by atoms with E-state index in [1.807, 2.05) is 0 Å². The van der Waals surface area contributed by atoms with Crippen LogP contribution in [0.15, 0.2) is 54.7 Å². The number of nitrogens with one attached hydrogen (secondary N) is 1. The lowest BCUT2D eigenvalue weighted by molar-refractivity contribution is -0.142. The molecule has 0 saturated carbocycles. The fourth-order valence-electron chi connectivity index (χ4n) is 2.47. The number of pyridine rings is 1. The highest BCUT2D eigenvalue weighted by Crippen LogP contribution is 2.37. The van der Waals surface area contributed by atoms with Gasteiger partial charge in [0.2, 0.25) is 0 Å². The Labute approximate surface area is 162 Å². The van der Waals surface area contributed by atoms with Crippen molar-refractivity contribution in [2.24, 2.45) is 0 Å². The zero-order valence-corrected chi connectivity index (χ0v) is 14.8. The highest BCUT2D eigenvalue weighted by molar-refractivity contribution is 6.04. The predicted octanol–water partition coefficient (Wildman–Crippen LogP) is 5.73. The number of carbonyl (C=O) groups excluding carboxylic acids is 1. The standard InChI is InChI=1S/C20H13F5N2O2/c1-11-9-16(18(26-10-11)20(23,24)25)29-13-7-5-12(6-8-13)27-19(28)17-14(21)3-2-4-15(17)22/h2-10H,1H3,(H,27,28). The first kappa shape index (κ1) is 20.2. The summed E-state index contributed by atoms with van der Waals surface area (Å²) in [5, 5.41) is 2.31. The molecule has 9 heteroatoms. The quantitative estimate of drug-likeness (QED) is 0.561. The number of amides is 1. The van der Waals surface area contributed by atoms with E-state index in [0.29, 0.717) is 5.56 Å². The molecule has 0 radical (unpaired) electrons. The average molecular weight is 408 g/mol. The molecule has 3 aromatic rings. The third-order valence-electron chi connectivity index (χ3n) is 3.79. The second-order valence-corrected chi connectivity index (χ2v) is 6.03. The summed E-state index contributed by atoms with van der Waals surface area (Å²) in [5.74, 6) is -3.46. The van der Waals surface area contributed by atoms with Crippen LogP contribution >= 0.6 is 0 Å². The Balaban J connectivity index is 1.78. The molecule has 4 nitrogen and oxygen atoms in total. The van der Waals surface area contributed by atoms with E-state index in [9.17, 15) is 26.7 Å². The minimum absolute atomic E-state index is 0.0537. The van der Waals surface area contributed by atoms with Crippen molar-refractivity contribution in [3.63, 3.8) is 0 Å². The number of halogens is 5. The Hall–Kier alpha value is -3.49. The first-order chi connectivity index (χ1) is 13.6. The Morgan fingerprint density at radius 1 is 1.03 bits per heavy atom. The summed E-state index contributed by atoms with van der Waals surface area (Å²) in [4.78, 5) is 15.4. The number of ether oxygens (including phenoxy) is 1. The fourth-order valence-corrected chi connectivity index (χ4v) is 2.47. The lowest BCUT2D eigenvalue weighted by Crippen LogP contribution is -2.15. The van der Waals surface area contributed by atoms with Crippen LogP contribution in [-0.2, 0) is 6.18 Å². The summed E-state index contributed by atoms with van der Waals surface area (Å²) in [6.45, 7) is 1.57. The lowest BCUT2D eigenvalue weighted by atomic mass is 10.1. The molecule has 0 spiro atoms. The van der Waals surface area contributed by atoms with Gasteiger partial charge < -0.3 is 10.1 Å². The van der Waals surface area contributed by atoms with Crippen LogP contribution in [0.25, 0.3) is 0 Å². The first-order valence-corrected chi connectivity index (χ1v) is 8.22. The van der Waals surface area contributed by atoms with Crippen molar-refractivity contribution in [3.05, 3.63) is 83.2 Å². The second-order valence-electron chi connectivity index (χ2n) is 6.03. The number of aromatic nitrogens is 1. The summed E-state index contributed by atoms with van der Waals surface area (Å²) in [6.07, 6.45) is -3.61. The van der Waals surface area contributed by atoms with E-state index in [0.717, 1.165) is 24.4 Å². The number of hydrogen-bond donors (Lipinski definition) is 1. The van der Waals surface area contributed by atoms with E-state index in [4.69, 9.17) is 4.74 Å². The molecule has 3 rings (SSSR count). The summed E-state index contributed by atoms with van der Waals surface area (Å²) < 4.78 is 71.8. The van der Waals surface area contributed by atoms with Gasteiger partial charge in [-0.2, -0.15) is 13.2 Å². The Kier molecular flexibility index (Phi) is 5.49. The second kappa shape index (κ2) is 7.86. The number of rotatable bonds is 4. The molecule has 150 valence electrons. The molecule has 0 aliphatic heterocycles. The van der Waals surface area contributed by atoms with Gasteiger partial charge in [0.15, 0.2) is 11.4 Å². The molecule has 0 aliphatic rings. The normalized spacial score (nSPS) is 11.2. The van der Waals surface area contributed by atoms with E-state index in [1.54, 1.807) is 6.92 Å². The Morgan fingerprint density at radius 3 is 2.24 bits per heavy atom. The largest absolute Gasteiger partial charge is 0.455 e. The molecule has 0 bridgehead atoms. The number of benzene rings is 2. The average Bonchev–Trinajstić information content (AvgIpc) is 2.62. The molecule has 0 unspecified atom stereocenters. The van der Waals surface area contributed by atoms with Crippen molar-refractivity contribution in [1.82, 2.24) is 4.98 Å². The van der Waals surface area contributed by atoms with Gasteiger partial charge in [0.05, 0.1) is 0 Å². The molecule has 0 saturated heterocycles. The summed E-state index contributed by atoms with van der Waals surface area (Å²) in [7, 11) is 0. The molecule has 2 aromatic carbocycles. The van der Waals surface area contributed by atoms with Crippen molar-refractivity contribution >= 4 is 11.6 Å². The molecular formula is C20H13F5N2O2. The van der Waals surface area contributed by atoms with Gasteiger partial charge >= 0.3 is 6.18 Å². The van der Waals surface area contributed by atoms with Gasteiger partial charge in [-0.25, -0.2) is 13.8 Å². The zero-order chi connectivity index (χ0) is 21.2. The minimum Gasteiger partial charge on any atom is -0.455 e. The molecule has 1 heterocycles. The van der Waals surface area contributed by atoms with Gasteiger partial charge in [-0.15, -0.1) is 0 Å². The smallest absolute Gasteiger partial charge is 0.437 e. The first-order valence-electron chi connectivity index (χ1n) is 8.22. The Morgan fingerprint density at radius 2 is 1.66 bits per heavy atom. The predicted molar refractivity (Wildman–Crippen MR) is 94.8 cm³/mol. The molecule has 0 aliphatic carbocycles. The maximum absolute atomic E-state index is 13.7. The minimum atomic E-state index is -4.69. The highest BCUT2D eigenvalue weighted by atomic mass is 19.4. The van der Waals surface area contributed by atoms with E-state index in [-0.39, 0.29) is 11.4 Å².